The lowest BCUT2D eigenvalue weighted by Crippen LogP contribution is -2.38. The molecule has 134 valence electrons. The normalized spacial score (nSPS) is 12.0. The molecule has 1 amide bonds. The average Bonchev–Trinajstić information content (AvgIpc) is 3.07. The van der Waals surface area contributed by atoms with Gasteiger partial charge < -0.3 is 4.98 Å². The van der Waals surface area contributed by atoms with Crippen LogP contribution < -0.4 is 11.0 Å². The molecule has 2 aromatic heterocycles. The largest absolute Gasteiger partial charge is 0.330 e. The molecule has 0 saturated carbocycles. The van der Waals surface area contributed by atoms with Gasteiger partial charge in [-0.1, -0.05) is 19.1 Å². The van der Waals surface area contributed by atoms with Crippen LogP contribution in [-0.4, -0.2) is 30.3 Å². The lowest BCUT2D eigenvalue weighted by molar-refractivity contribution is -0.385. The highest BCUT2D eigenvalue weighted by atomic mass is 32.1. The molecule has 0 bridgehead atoms. The number of carbonyl (C=O) groups is 1. The van der Waals surface area contributed by atoms with E-state index in [1.165, 1.54) is 10.9 Å². The van der Waals surface area contributed by atoms with Crippen LogP contribution in [0.25, 0.3) is 10.9 Å². The van der Waals surface area contributed by atoms with Crippen molar-refractivity contribution in [2.45, 2.75) is 13.5 Å². The van der Waals surface area contributed by atoms with E-state index in [1.807, 2.05) is 0 Å². The fourth-order valence-corrected chi connectivity index (χ4v) is 2.63. The molecule has 11 heteroatoms. The van der Waals surface area contributed by atoms with Gasteiger partial charge in [0.1, 0.15) is 12.4 Å². The van der Waals surface area contributed by atoms with Crippen molar-refractivity contribution < 1.29 is 9.72 Å². The quantitative estimate of drug-likeness (QED) is 0.396. The number of aromatic amines is 1. The highest BCUT2D eigenvalue weighted by molar-refractivity contribution is 7.71. The summed E-state index contributed by atoms with van der Waals surface area (Å²) in [7, 11) is 0. The second-order valence-electron chi connectivity index (χ2n) is 5.67. The van der Waals surface area contributed by atoms with E-state index < -0.39 is 22.3 Å². The van der Waals surface area contributed by atoms with Gasteiger partial charge in [-0.25, -0.2) is 0 Å². The second-order valence-corrected chi connectivity index (χ2v) is 6.06. The van der Waals surface area contributed by atoms with E-state index in [1.54, 1.807) is 31.2 Å². The maximum Gasteiger partial charge on any atom is 0.306 e. The van der Waals surface area contributed by atoms with Gasteiger partial charge in [0.15, 0.2) is 4.77 Å². The number of para-hydroxylation sites is 1. The van der Waals surface area contributed by atoms with Crippen molar-refractivity contribution in [2.75, 3.05) is 5.43 Å². The van der Waals surface area contributed by atoms with Gasteiger partial charge in [0, 0.05) is 0 Å². The number of nitrogens with zero attached hydrogens (tertiary/aromatic N) is 4. The molecule has 0 aliphatic carbocycles. The van der Waals surface area contributed by atoms with Crippen LogP contribution in [0.5, 0.6) is 0 Å². The lowest BCUT2D eigenvalue weighted by atomic mass is 10.2. The zero-order valence-corrected chi connectivity index (χ0v) is 14.4. The fraction of sp³-hybridized carbons (Fsp3) is 0.200. The van der Waals surface area contributed by atoms with E-state index >= 15 is 0 Å². The first-order chi connectivity index (χ1) is 12.4. The van der Waals surface area contributed by atoms with Gasteiger partial charge in [-0.3, -0.25) is 29.8 Å². The van der Waals surface area contributed by atoms with E-state index in [9.17, 15) is 19.7 Å². The number of H-pyrrole nitrogens is 1. The number of hydrogen-bond donors (Lipinski definition) is 2. The van der Waals surface area contributed by atoms with Crippen molar-refractivity contribution in [1.82, 2.24) is 19.4 Å². The molecule has 0 radical (unpaired) electrons. The molecule has 0 aliphatic heterocycles. The van der Waals surface area contributed by atoms with Crippen LogP contribution in [0.4, 0.5) is 5.69 Å². The Morgan fingerprint density at radius 2 is 2.19 bits per heavy atom. The van der Waals surface area contributed by atoms with E-state index in [0.29, 0.717) is 10.9 Å². The third kappa shape index (κ3) is 3.37. The SMILES string of the molecule is C[C@H](Cn1cc([N+](=O)[O-])cn1)C(=O)Nn1c(=S)[nH]c2ccccc2c1=O. The molecule has 10 nitrogen and oxygen atoms in total. The molecule has 1 aromatic carbocycles. The minimum Gasteiger partial charge on any atom is -0.330 e. The molecule has 3 rings (SSSR count). The van der Waals surface area contributed by atoms with Gasteiger partial charge >= 0.3 is 5.69 Å². The number of hydrogen-bond acceptors (Lipinski definition) is 6. The lowest BCUT2D eigenvalue weighted by Gasteiger charge is -2.14. The molecule has 2 heterocycles. The third-order valence-corrected chi connectivity index (χ3v) is 4.05. The summed E-state index contributed by atoms with van der Waals surface area (Å²) in [6, 6.07) is 6.81. The van der Waals surface area contributed by atoms with Crippen molar-refractivity contribution in [3.63, 3.8) is 0 Å². The molecule has 0 spiro atoms. The minimum absolute atomic E-state index is 0.0592. The summed E-state index contributed by atoms with van der Waals surface area (Å²) in [6.45, 7) is 1.72. The van der Waals surface area contributed by atoms with Gasteiger partial charge in [0.25, 0.3) is 5.56 Å². The molecule has 2 N–H and O–H groups in total. The molecule has 0 fully saturated rings. The molecule has 0 unspecified atom stereocenters. The van der Waals surface area contributed by atoms with E-state index in [2.05, 4.69) is 15.5 Å². The van der Waals surface area contributed by atoms with Crippen LogP contribution >= 0.6 is 12.2 Å². The Bertz CT molecular complexity index is 1120. The number of fused-ring (bicyclic) bond motifs is 1. The summed E-state index contributed by atoms with van der Waals surface area (Å²) < 4.78 is 2.33. The summed E-state index contributed by atoms with van der Waals surface area (Å²) in [6.07, 6.45) is 2.34. The molecule has 3 aromatic rings. The summed E-state index contributed by atoms with van der Waals surface area (Å²) in [5.74, 6) is -1.08. The van der Waals surface area contributed by atoms with E-state index in [4.69, 9.17) is 12.2 Å². The van der Waals surface area contributed by atoms with Crippen molar-refractivity contribution >= 4 is 34.7 Å². The highest BCUT2D eigenvalue weighted by Gasteiger charge is 2.18. The Morgan fingerprint density at radius 3 is 2.88 bits per heavy atom. The summed E-state index contributed by atoms with van der Waals surface area (Å²) in [5, 5.41) is 14.9. The Kier molecular flexibility index (Phi) is 4.63. The predicted molar refractivity (Wildman–Crippen MR) is 95.8 cm³/mol. The maximum absolute atomic E-state index is 12.5. The van der Waals surface area contributed by atoms with Crippen molar-refractivity contribution in [3.8, 4) is 0 Å². The minimum atomic E-state index is -0.609. The Balaban J connectivity index is 1.81. The van der Waals surface area contributed by atoms with E-state index in [0.717, 1.165) is 10.9 Å². The first kappa shape index (κ1) is 17.5. The van der Waals surface area contributed by atoms with Crippen LogP contribution in [0.3, 0.4) is 0 Å². The Labute approximate surface area is 151 Å². The number of amides is 1. The number of nitro groups is 1. The topological polar surface area (TPSA) is 128 Å². The Morgan fingerprint density at radius 1 is 1.46 bits per heavy atom. The van der Waals surface area contributed by atoms with Gasteiger partial charge in [0.05, 0.1) is 28.3 Å². The van der Waals surface area contributed by atoms with Gasteiger partial charge in [-0.05, 0) is 24.4 Å². The van der Waals surface area contributed by atoms with Crippen LogP contribution in [0.1, 0.15) is 6.92 Å². The summed E-state index contributed by atoms with van der Waals surface area (Å²) >= 11 is 5.13. The molecule has 1 atom stereocenters. The summed E-state index contributed by atoms with van der Waals surface area (Å²) in [5.41, 5.74) is 2.44. The second kappa shape index (κ2) is 6.88. The number of benzene rings is 1. The number of rotatable bonds is 5. The molecule has 26 heavy (non-hydrogen) atoms. The number of nitrogens with one attached hydrogen (secondary N) is 2. The Hall–Kier alpha value is -3.34. The number of aromatic nitrogens is 4. The van der Waals surface area contributed by atoms with E-state index in [-0.39, 0.29) is 17.0 Å². The first-order valence-electron chi connectivity index (χ1n) is 7.58. The standard InChI is InChI=1S/C15H14N6O4S/c1-9(7-19-8-10(6-16-19)21(24)25)13(22)18-20-14(23)11-4-2-3-5-12(11)17-15(20)26/h2-6,8-9H,7H2,1H3,(H,17,26)(H,18,22)/t9-/m1/s1. The molecule has 0 saturated heterocycles. The van der Waals surface area contributed by atoms with Gasteiger partial charge in [-0.15, -0.1) is 0 Å². The fourth-order valence-electron chi connectivity index (χ4n) is 2.39. The van der Waals surface area contributed by atoms with Crippen molar-refractivity contribution in [3.05, 3.63) is 61.9 Å². The van der Waals surface area contributed by atoms with Gasteiger partial charge in [0.2, 0.25) is 5.91 Å². The van der Waals surface area contributed by atoms with Crippen molar-refractivity contribution in [2.24, 2.45) is 5.92 Å². The zero-order valence-electron chi connectivity index (χ0n) is 13.6. The van der Waals surface area contributed by atoms with Crippen LogP contribution in [0.15, 0.2) is 41.5 Å². The molecular weight excluding hydrogens is 360 g/mol. The third-order valence-electron chi connectivity index (χ3n) is 3.77. The highest BCUT2D eigenvalue weighted by Crippen LogP contribution is 2.10. The smallest absolute Gasteiger partial charge is 0.306 e. The zero-order chi connectivity index (χ0) is 18.8. The first-order valence-corrected chi connectivity index (χ1v) is 7.99. The maximum atomic E-state index is 12.5. The van der Waals surface area contributed by atoms with Crippen LogP contribution in [-0.2, 0) is 11.3 Å². The molecule has 0 aliphatic rings. The van der Waals surface area contributed by atoms with Crippen LogP contribution in [0, 0.1) is 20.8 Å². The van der Waals surface area contributed by atoms with Crippen molar-refractivity contribution in [1.29, 1.82) is 0 Å². The molecular formula is C15H14N6O4S. The monoisotopic (exact) mass is 374 g/mol. The van der Waals surface area contributed by atoms with Crippen LogP contribution in [0.2, 0.25) is 0 Å². The summed E-state index contributed by atoms with van der Waals surface area (Å²) in [4.78, 5) is 37.9. The van der Waals surface area contributed by atoms with Gasteiger partial charge in [-0.2, -0.15) is 9.77 Å². The number of carbonyl (C=O) groups excluding carboxylic acids is 1. The predicted octanol–water partition coefficient (Wildman–Crippen LogP) is 1.57. The average molecular weight is 374 g/mol.